The van der Waals surface area contributed by atoms with E-state index in [2.05, 4.69) is 10.1 Å². The Morgan fingerprint density at radius 3 is 2.25 bits per heavy atom. The zero-order chi connectivity index (χ0) is 14.5. The van der Waals surface area contributed by atoms with Gasteiger partial charge in [-0.3, -0.25) is 4.79 Å². The number of thiophene rings is 1. The van der Waals surface area contributed by atoms with Gasteiger partial charge >= 0.3 is 5.97 Å². The zero-order valence-electron chi connectivity index (χ0n) is 11.0. The predicted octanol–water partition coefficient (Wildman–Crippen LogP) is 2.80. The first-order valence-electron chi connectivity index (χ1n) is 5.77. The van der Waals surface area contributed by atoms with Crippen LogP contribution in [-0.2, 0) is 4.74 Å². The molecule has 0 atom stereocenters. The van der Waals surface area contributed by atoms with Gasteiger partial charge in [0, 0.05) is 5.69 Å². The van der Waals surface area contributed by atoms with Crippen molar-refractivity contribution in [2.75, 3.05) is 19.5 Å². The maximum atomic E-state index is 12.0. The molecule has 0 unspecified atom stereocenters. The Morgan fingerprint density at radius 2 is 1.65 bits per heavy atom. The molecule has 1 heterocycles. The van der Waals surface area contributed by atoms with Crippen molar-refractivity contribution in [1.82, 2.24) is 0 Å². The number of ether oxygens (including phenoxy) is 2. The van der Waals surface area contributed by atoms with Gasteiger partial charge in [-0.15, -0.1) is 11.3 Å². The average Bonchev–Trinajstić information content (AvgIpc) is 2.97. The van der Waals surface area contributed by atoms with Gasteiger partial charge in [0.1, 0.15) is 10.6 Å². The fourth-order valence-corrected chi connectivity index (χ4v) is 2.36. The van der Waals surface area contributed by atoms with Crippen LogP contribution in [0.2, 0.25) is 0 Å². The molecule has 0 spiro atoms. The number of hydrogen-bond donors (Lipinski definition) is 1. The Hall–Kier alpha value is -2.34. The fourth-order valence-electron chi connectivity index (χ4n) is 1.54. The summed E-state index contributed by atoms with van der Waals surface area (Å²) in [5, 5.41) is 2.74. The van der Waals surface area contributed by atoms with Gasteiger partial charge in [-0.05, 0) is 36.4 Å². The predicted molar refractivity (Wildman–Crippen MR) is 76.6 cm³/mol. The first-order valence-corrected chi connectivity index (χ1v) is 6.59. The summed E-state index contributed by atoms with van der Waals surface area (Å²) in [6.07, 6.45) is 0. The van der Waals surface area contributed by atoms with E-state index in [4.69, 9.17) is 4.74 Å². The number of anilines is 1. The normalized spacial score (nSPS) is 9.90. The molecule has 20 heavy (non-hydrogen) atoms. The number of nitrogens with one attached hydrogen (secondary N) is 1. The number of methoxy groups -OCH3 is 2. The minimum Gasteiger partial charge on any atom is -0.497 e. The van der Waals surface area contributed by atoms with Crippen LogP contribution in [0.25, 0.3) is 0 Å². The van der Waals surface area contributed by atoms with Gasteiger partial charge in [0.2, 0.25) is 0 Å². The highest BCUT2D eigenvalue weighted by atomic mass is 32.1. The summed E-state index contributed by atoms with van der Waals surface area (Å²) in [7, 11) is 2.88. The van der Waals surface area contributed by atoms with E-state index >= 15 is 0 Å². The number of benzene rings is 1. The van der Waals surface area contributed by atoms with Crippen LogP contribution in [0.5, 0.6) is 5.75 Å². The smallest absolute Gasteiger partial charge is 0.348 e. The molecule has 0 saturated carbocycles. The van der Waals surface area contributed by atoms with Gasteiger partial charge < -0.3 is 14.8 Å². The number of carbonyl (C=O) groups is 2. The van der Waals surface area contributed by atoms with E-state index in [-0.39, 0.29) is 5.91 Å². The Labute approximate surface area is 120 Å². The maximum Gasteiger partial charge on any atom is 0.348 e. The Kier molecular flexibility index (Phi) is 4.37. The molecule has 0 aliphatic carbocycles. The monoisotopic (exact) mass is 291 g/mol. The van der Waals surface area contributed by atoms with E-state index in [0.717, 1.165) is 11.3 Å². The molecule has 1 amide bonds. The van der Waals surface area contributed by atoms with Gasteiger partial charge in [-0.1, -0.05) is 0 Å². The van der Waals surface area contributed by atoms with E-state index in [9.17, 15) is 9.59 Å². The molecule has 0 aliphatic heterocycles. The lowest BCUT2D eigenvalue weighted by Gasteiger charge is -2.04. The molecule has 5 nitrogen and oxygen atoms in total. The average molecular weight is 291 g/mol. The maximum absolute atomic E-state index is 12.0. The summed E-state index contributed by atoms with van der Waals surface area (Å²) in [4.78, 5) is 24.2. The first kappa shape index (κ1) is 14.1. The van der Waals surface area contributed by atoms with Crippen molar-refractivity contribution in [3.05, 3.63) is 46.2 Å². The van der Waals surface area contributed by atoms with E-state index in [1.807, 2.05) is 0 Å². The number of amides is 1. The van der Waals surface area contributed by atoms with Crippen molar-refractivity contribution in [2.24, 2.45) is 0 Å². The van der Waals surface area contributed by atoms with Crippen LogP contribution in [0, 0.1) is 0 Å². The lowest BCUT2D eigenvalue weighted by molar-refractivity contribution is 0.0606. The van der Waals surface area contributed by atoms with Crippen molar-refractivity contribution < 1.29 is 19.1 Å². The largest absolute Gasteiger partial charge is 0.497 e. The molecule has 1 N–H and O–H groups in total. The highest BCUT2D eigenvalue weighted by Gasteiger charge is 2.14. The Morgan fingerprint density at radius 1 is 1.00 bits per heavy atom. The minimum atomic E-state index is -0.446. The van der Waals surface area contributed by atoms with E-state index in [0.29, 0.717) is 21.2 Å². The van der Waals surface area contributed by atoms with Crippen LogP contribution in [0.15, 0.2) is 36.4 Å². The number of hydrogen-bond acceptors (Lipinski definition) is 5. The van der Waals surface area contributed by atoms with Crippen LogP contribution >= 0.6 is 11.3 Å². The molecule has 0 bridgehead atoms. The van der Waals surface area contributed by atoms with Crippen LogP contribution in [0.3, 0.4) is 0 Å². The summed E-state index contributed by atoms with van der Waals surface area (Å²) >= 11 is 1.09. The summed E-state index contributed by atoms with van der Waals surface area (Å²) in [5.74, 6) is 0.000850. The highest BCUT2D eigenvalue weighted by Crippen LogP contribution is 2.20. The standard InChI is InChI=1S/C14H13NO4S/c1-18-10-5-3-9(4-6-10)15-13(16)11-7-8-12(20-11)14(17)19-2/h3-8H,1-2H3,(H,15,16). The van der Waals surface area contributed by atoms with Crippen LogP contribution in [0.1, 0.15) is 19.3 Å². The second kappa shape index (κ2) is 6.21. The lowest BCUT2D eigenvalue weighted by atomic mass is 10.3. The molecule has 0 fully saturated rings. The van der Waals surface area contributed by atoms with Gasteiger partial charge in [0.25, 0.3) is 5.91 Å². The molecule has 1 aromatic carbocycles. The quantitative estimate of drug-likeness (QED) is 0.880. The van der Waals surface area contributed by atoms with Crippen molar-refractivity contribution >= 4 is 28.9 Å². The van der Waals surface area contributed by atoms with Crippen LogP contribution in [-0.4, -0.2) is 26.1 Å². The molecule has 2 aromatic rings. The molecule has 6 heteroatoms. The van der Waals surface area contributed by atoms with Crippen molar-refractivity contribution in [2.45, 2.75) is 0 Å². The zero-order valence-corrected chi connectivity index (χ0v) is 11.8. The molecule has 1 aromatic heterocycles. The third kappa shape index (κ3) is 3.16. The number of carbonyl (C=O) groups excluding carboxylic acids is 2. The minimum absolute atomic E-state index is 0.268. The van der Waals surface area contributed by atoms with Crippen LogP contribution in [0.4, 0.5) is 5.69 Å². The van der Waals surface area contributed by atoms with Crippen molar-refractivity contribution in [3.63, 3.8) is 0 Å². The van der Waals surface area contributed by atoms with E-state index in [1.54, 1.807) is 43.5 Å². The molecule has 2 rings (SSSR count). The van der Waals surface area contributed by atoms with Crippen molar-refractivity contribution in [3.8, 4) is 5.75 Å². The van der Waals surface area contributed by atoms with Crippen LogP contribution < -0.4 is 10.1 Å². The third-order valence-electron chi connectivity index (χ3n) is 2.56. The number of esters is 1. The lowest BCUT2D eigenvalue weighted by Crippen LogP contribution is -2.09. The molecular weight excluding hydrogens is 278 g/mol. The highest BCUT2D eigenvalue weighted by molar-refractivity contribution is 7.16. The topological polar surface area (TPSA) is 64.6 Å². The second-order valence-electron chi connectivity index (χ2n) is 3.84. The molecule has 104 valence electrons. The van der Waals surface area contributed by atoms with Gasteiger partial charge in [0.15, 0.2) is 0 Å². The fraction of sp³-hybridized carbons (Fsp3) is 0.143. The first-order chi connectivity index (χ1) is 9.63. The summed E-state index contributed by atoms with van der Waals surface area (Å²) in [6.45, 7) is 0. The van der Waals surface area contributed by atoms with Gasteiger partial charge in [-0.25, -0.2) is 4.79 Å². The SMILES string of the molecule is COC(=O)c1ccc(C(=O)Nc2ccc(OC)cc2)s1. The summed E-state index contributed by atoms with van der Waals surface area (Å²) < 4.78 is 9.64. The second-order valence-corrected chi connectivity index (χ2v) is 4.92. The molecule has 0 aliphatic rings. The Balaban J connectivity index is 2.07. The Bertz CT molecular complexity index is 618. The third-order valence-corrected chi connectivity index (χ3v) is 3.63. The summed E-state index contributed by atoms with van der Waals surface area (Å²) in [5.41, 5.74) is 0.656. The molecular formula is C14H13NO4S. The van der Waals surface area contributed by atoms with Gasteiger partial charge in [0.05, 0.1) is 19.1 Å². The van der Waals surface area contributed by atoms with Crippen molar-refractivity contribution in [1.29, 1.82) is 0 Å². The molecule has 0 saturated heterocycles. The number of rotatable bonds is 4. The van der Waals surface area contributed by atoms with E-state index in [1.165, 1.54) is 7.11 Å². The van der Waals surface area contributed by atoms with E-state index < -0.39 is 5.97 Å². The van der Waals surface area contributed by atoms with Gasteiger partial charge in [-0.2, -0.15) is 0 Å². The molecule has 0 radical (unpaired) electrons. The summed E-state index contributed by atoms with van der Waals surface area (Å²) in [6, 6.07) is 10.2.